The van der Waals surface area contributed by atoms with Gasteiger partial charge in [0.25, 0.3) is 5.91 Å². The number of thiocarbonyl (C=S) groups is 1. The molecule has 1 heterocycles. The second-order valence-electron chi connectivity index (χ2n) is 3.72. The normalized spacial score (nSPS) is 22.7. The summed E-state index contributed by atoms with van der Waals surface area (Å²) in [7, 11) is 0. The van der Waals surface area contributed by atoms with Crippen molar-refractivity contribution in [2.24, 2.45) is 0 Å². The van der Waals surface area contributed by atoms with Gasteiger partial charge in [-0.15, -0.1) is 0 Å². The van der Waals surface area contributed by atoms with E-state index in [9.17, 15) is 4.79 Å². The highest BCUT2D eigenvalue weighted by molar-refractivity contribution is 8.23. The number of carbonyl (C=O) groups excluding carboxylic acids is 1. The van der Waals surface area contributed by atoms with Gasteiger partial charge in [-0.3, -0.25) is 10.2 Å². The van der Waals surface area contributed by atoms with E-state index in [1.807, 2.05) is 0 Å². The summed E-state index contributed by atoms with van der Waals surface area (Å²) in [6.07, 6.45) is 8.03. The summed E-state index contributed by atoms with van der Waals surface area (Å²) < 4.78 is 0.644. The molecule has 82 valence electrons. The van der Waals surface area contributed by atoms with Crippen molar-refractivity contribution in [3.05, 3.63) is 11.8 Å². The van der Waals surface area contributed by atoms with Crippen LogP contribution in [0.3, 0.4) is 0 Å². The van der Waals surface area contributed by atoms with E-state index in [2.05, 4.69) is 11.5 Å². The van der Waals surface area contributed by atoms with Crippen LogP contribution in [0.1, 0.15) is 32.1 Å². The number of nitrogens with zero attached hydrogens (tertiary/aromatic N) is 1. The van der Waals surface area contributed by atoms with Gasteiger partial charge in [0.1, 0.15) is 0 Å². The van der Waals surface area contributed by atoms with Gasteiger partial charge in [0.2, 0.25) is 0 Å². The maximum absolute atomic E-state index is 11.5. The molecule has 1 fully saturated rings. The first-order valence-electron chi connectivity index (χ1n) is 5.23. The van der Waals surface area contributed by atoms with Crippen LogP contribution in [-0.2, 0) is 4.79 Å². The second-order valence-corrected chi connectivity index (χ2v) is 5.33. The molecule has 1 N–H and O–H groups in total. The van der Waals surface area contributed by atoms with Gasteiger partial charge in [-0.25, -0.2) is 5.01 Å². The Kier molecular flexibility index (Phi) is 3.64. The molecule has 3 nitrogen and oxygen atoms in total. The maximum atomic E-state index is 11.5. The quantitative estimate of drug-likeness (QED) is 0.752. The number of nitrogens with one attached hydrogen (secondary N) is 1. The smallest absolute Gasteiger partial charge is 0.257 e. The van der Waals surface area contributed by atoms with Gasteiger partial charge in [0.05, 0.1) is 5.75 Å². The minimum Gasteiger partial charge on any atom is -0.295 e. The van der Waals surface area contributed by atoms with Crippen LogP contribution in [0.2, 0.25) is 0 Å². The number of allylic oxidation sites excluding steroid dienone is 2. The van der Waals surface area contributed by atoms with Gasteiger partial charge < -0.3 is 0 Å². The average Bonchev–Trinajstić information content (AvgIpc) is 2.49. The lowest BCUT2D eigenvalue weighted by molar-refractivity contribution is -0.125. The average molecular weight is 242 g/mol. The van der Waals surface area contributed by atoms with Crippen LogP contribution < -0.4 is 5.43 Å². The standard InChI is InChI=1S/C10H14N2OS2/c13-9-7-15-10(14)12(9)11-8-5-3-1-2-4-6-8/h5,11H,1-4,6-7H2. The molecule has 1 aliphatic heterocycles. The third kappa shape index (κ3) is 2.72. The maximum Gasteiger partial charge on any atom is 0.257 e. The van der Waals surface area contributed by atoms with Crippen molar-refractivity contribution in [2.45, 2.75) is 32.1 Å². The Labute approximate surface area is 99.2 Å². The lowest BCUT2D eigenvalue weighted by Crippen LogP contribution is -2.40. The largest absolute Gasteiger partial charge is 0.295 e. The Morgan fingerprint density at radius 3 is 3.00 bits per heavy atom. The van der Waals surface area contributed by atoms with Crippen LogP contribution >= 0.6 is 24.0 Å². The number of amides is 1. The zero-order valence-electron chi connectivity index (χ0n) is 8.49. The first kappa shape index (κ1) is 11.0. The molecule has 0 spiro atoms. The zero-order chi connectivity index (χ0) is 10.7. The van der Waals surface area contributed by atoms with Crippen LogP contribution in [0, 0.1) is 0 Å². The van der Waals surface area contributed by atoms with E-state index in [4.69, 9.17) is 12.2 Å². The molecule has 0 saturated carbocycles. The molecule has 0 aromatic heterocycles. The van der Waals surface area contributed by atoms with Crippen LogP contribution in [0.15, 0.2) is 11.8 Å². The SMILES string of the molecule is O=C1CSC(=S)N1NC1=CCCCCC1. The predicted molar refractivity (Wildman–Crippen MR) is 66.2 cm³/mol. The van der Waals surface area contributed by atoms with E-state index in [1.54, 1.807) is 0 Å². The molecule has 5 heteroatoms. The molecule has 15 heavy (non-hydrogen) atoms. The molecule has 0 atom stereocenters. The molecule has 0 radical (unpaired) electrons. The first-order valence-corrected chi connectivity index (χ1v) is 6.62. The van der Waals surface area contributed by atoms with Gasteiger partial charge in [0.15, 0.2) is 4.32 Å². The fraction of sp³-hybridized carbons (Fsp3) is 0.600. The number of rotatable bonds is 2. The van der Waals surface area contributed by atoms with Gasteiger partial charge in [-0.05, 0) is 25.7 Å². The Bertz CT molecular complexity index is 299. The number of carbonyl (C=O) groups is 1. The summed E-state index contributed by atoms with van der Waals surface area (Å²) in [5.41, 5.74) is 4.28. The monoisotopic (exact) mass is 242 g/mol. The Morgan fingerprint density at radius 2 is 2.27 bits per heavy atom. The van der Waals surface area contributed by atoms with Gasteiger partial charge in [0, 0.05) is 5.70 Å². The number of hydrazine groups is 1. The lowest BCUT2D eigenvalue weighted by atomic mass is 10.2. The molecule has 1 saturated heterocycles. The Balaban J connectivity index is 1.97. The summed E-state index contributed by atoms with van der Waals surface area (Å²) >= 11 is 6.52. The third-order valence-corrected chi connectivity index (χ3v) is 3.90. The van der Waals surface area contributed by atoms with Crippen molar-refractivity contribution in [1.29, 1.82) is 0 Å². The van der Waals surface area contributed by atoms with E-state index in [1.165, 1.54) is 36.0 Å². The Morgan fingerprint density at radius 1 is 1.40 bits per heavy atom. The number of hydrogen-bond donors (Lipinski definition) is 1. The van der Waals surface area contributed by atoms with Crippen molar-refractivity contribution in [1.82, 2.24) is 10.4 Å². The number of hydrogen-bond acceptors (Lipinski definition) is 4. The van der Waals surface area contributed by atoms with E-state index in [-0.39, 0.29) is 5.91 Å². The molecular weight excluding hydrogens is 228 g/mol. The van der Waals surface area contributed by atoms with Crippen molar-refractivity contribution in [3.63, 3.8) is 0 Å². The molecule has 0 aromatic carbocycles. The van der Waals surface area contributed by atoms with E-state index >= 15 is 0 Å². The van der Waals surface area contributed by atoms with Crippen LogP contribution in [0.25, 0.3) is 0 Å². The van der Waals surface area contributed by atoms with E-state index in [0.717, 1.165) is 18.5 Å². The summed E-state index contributed by atoms with van der Waals surface area (Å²) in [6.45, 7) is 0. The second kappa shape index (κ2) is 4.99. The minimum atomic E-state index is 0.0650. The fourth-order valence-electron chi connectivity index (χ4n) is 1.72. The molecule has 0 unspecified atom stereocenters. The fourth-order valence-corrected chi connectivity index (χ4v) is 2.70. The zero-order valence-corrected chi connectivity index (χ0v) is 10.1. The molecule has 2 aliphatic rings. The first-order chi connectivity index (χ1) is 7.27. The number of thioether (sulfide) groups is 1. The van der Waals surface area contributed by atoms with Crippen LogP contribution in [-0.4, -0.2) is 21.0 Å². The highest BCUT2D eigenvalue weighted by Crippen LogP contribution is 2.20. The predicted octanol–water partition coefficient (Wildman–Crippen LogP) is 2.20. The summed E-state index contributed by atoms with van der Waals surface area (Å²) in [6, 6.07) is 0. The molecule has 0 bridgehead atoms. The molecule has 0 aromatic rings. The topological polar surface area (TPSA) is 32.3 Å². The summed E-state index contributed by atoms with van der Waals surface area (Å²) in [5.74, 6) is 0.536. The van der Waals surface area contributed by atoms with Gasteiger partial charge >= 0.3 is 0 Å². The van der Waals surface area contributed by atoms with Crippen molar-refractivity contribution < 1.29 is 4.79 Å². The van der Waals surface area contributed by atoms with Crippen molar-refractivity contribution in [3.8, 4) is 0 Å². The van der Waals surface area contributed by atoms with Crippen LogP contribution in [0.5, 0.6) is 0 Å². The van der Waals surface area contributed by atoms with Gasteiger partial charge in [-0.1, -0.05) is 36.5 Å². The lowest BCUT2D eigenvalue weighted by Gasteiger charge is -2.19. The van der Waals surface area contributed by atoms with Gasteiger partial charge in [-0.2, -0.15) is 0 Å². The third-order valence-electron chi connectivity index (χ3n) is 2.55. The van der Waals surface area contributed by atoms with E-state index in [0.29, 0.717) is 10.1 Å². The van der Waals surface area contributed by atoms with Crippen molar-refractivity contribution in [2.75, 3.05) is 5.75 Å². The highest BCUT2D eigenvalue weighted by atomic mass is 32.2. The van der Waals surface area contributed by atoms with Crippen LogP contribution in [0.4, 0.5) is 0 Å². The summed E-state index contributed by atoms with van der Waals surface area (Å²) in [4.78, 5) is 11.5. The Hall–Kier alpha value is -0.550. The minimum absolute atomic E-state index is 0.0650. The van der Waals surface area contributed by atoms with E-state index < -0.39 is 0 Å². The molecular formula is C10H14N2OS2. The highest BCUT2D eigenvalue weighted by Gasteiger charge is 2.27. The molecule has 2 rings (SSSR count). The van der Waals surface area contributed by atoms with Crippen molar-refractivity contribution >= 4 is 34.2 Å². The molecule has 1 amide bonds. The molecule has 1 aliphatic carbocycles. The summed E-state index contributed by atoms with van der Waals surface area (Å²) in [5, 5.41) is 1.51.